The molecule has 0 aromatic heterocycles. The van der Waals surface area contributed by atoms with E-state index in [-0.39, 0.29) is 13.0 Å². The molecule has 0 radical (unpaired) electrons. The number of carbonyl (C=O) groups excluding carboxylic acids is 5. The Hall–Kier alpha value is -4.41. The molecule has 0 bridgehead atoms. The van der Waals surface area contributed by atoms with Crippen molar-refractivity contribution in [1.82, 2.24) is 15.5 Å². The van der Waals surface area contributed by atoms with Crippen LogP contribution in [0.1, 0.15) is 96.0 Å². The molecule has 0 spiro atoms. The van der Waals surface area contributed by atoms with E-state index in [1.54, 1.807) is 47.6 Å². The van der Waals surface area contributed by atoms with Gasteiger partial charge in [0.25, 0.3) is 0 Å². The third kappa shape index (κ3) is 13.1. The van der Waals surface area contributed by atoms with Crippen LogP contribution in [0.25, 0.3) is 0 Å². The number of carbonyl (C=O) groups is 5. The van der Waals surface area contributed by atoms with Crippen molar-refractivity contribution in [3.63, 3.8) is 0 Å². The number of nitrogens with one attached hydrogen (secondary N) is 2. The molecule has 2 rings (SSSR count). The number of nitrogens with zero attached hydrogens (tertiary/aromatic N) is 1. The fraction of sp³-hybridized carbons (Fsp3) is 0.528. The van der Waals surface area contributed by atoms with Crippen molar-refractivity contribution in [2.24, 2.45) is 5.73 Å². The lowest BCUT2D eigenvalue weighted by atomic mass is 9.95. The molecule has 0 aliphatic rings. The van der Waals surface area contributed by atoms with Gasteiger partial charge < -0.3 is 30.7 Å². The van der Waals surface area contributed by atoms with Gasteiger partial charge in [-0.3, -0.25) is 14.4 Å². The first-order chi connectivity index (χ1) is 21.8. The Kier molecular flexibility index (Phi) is 14.0. The number of nitrogens with two attached hydrogens (primary N) is 1. The van der Waals surface area contributed by atoms with E-state index in [0.29, 0.717) is 18.4 Å². The normalized spacial score (nSPS) is 13.5. The van der Waals surface area contributed by atoms with Gasteiger partial charge in [-0.15, -0.1) is 0 Å². The minimum Gasteiger partial charge on any atom is -0.458 e. The lowest BCUT2D eigenvalue weighted by Crippen LogP contribution is -2.56. The predicted octanol–water partition coefficient (Wildman–Crippen LogP) is 4.81. The summed E-state index contributed by atoms with van der Waals surface area (Å²) in [5, 5.41) is 5.37. The van der Waals surface area contributed by atoms with E-state index in [1.165, 1.54) is 4.90 Å². The van der Waals surface area contributed by atoms with Crippen molar-refractivity contribution < 1.29 is 33.4 Å². The molecule has 0 aliphatic carbocycles. The van der Waals surface area contributed by atoms with Crippen molar-refractivity contribution in [1.29, 1.82) is 0 Å². The molecule has 0 heterocycles. The smallest absolute Gasteiger partial charge is 0.408 e. The maximum absolute atomic E-state index is 14.5. The standard InChI is InChI=1S/C36H52N4O7/c1-10-11-19-40(32(43)27(22-29(37)41)39-34(45)47-36(7,8)9)30(26-18-17-23(2)20-24(26)3)31(42)38-28(33(44)46-35(4,5)6)21-25-15-13-12-14-16-25/h12-18,20,27-28,30H,10-11,19,21-22H2,1-9H3,(H2,37,41)(H,38,42)(H,39,45). The van der Waals surface area contributed by atoms with E-state index in [9.17, 15) is 24.0 Å². The van der Waals surface area contributed by atoms with E-state index in [2.05, 4.69) is 10.6 Å². The largest absolute Gasteiger partial charge is 0.458 e. The number of primary amides is 1. The van der Waals surface area contributed by atoms with Crippen LogP contribution in [0.5, 0.6) is 0 Å². The molecule has 0 saturated carbocycles. The highest BCUT2D eigenvalue weighted by atomic mass is 16.6. The van der Waals surface area contributed by atoms with Crippen LogP contribution in [0.4, 0.5) is 4.79 Å². The van der Waals surface area contributed by atoms with Crippen molar-refractivity contribution >= 4 is 29.8 Å². The van der Waals surface area contributed by atoms with Gasteiger partial charge in [0.05, 0.1) is 6.42 Å². The van der Waals surface area contributed by atoms with Crippen LogP contribution >= 0.6 is 0 Å². The van der Waals surface area contributed by atoms with Crippen LogP contribution in [0.2, 0.25) is 0 Å². The molecule has 0 fully saturated rings. The zero-order valence-corrected chi connectivity index (χ0v) is 29.3. The summed E-state index contributed by atoms with van der Waals surface area (Å²) in [7, 11) is 0. The number of esters is 1. The van der Waals surface area contributed by atoms with Gasteiger partial charge in [-0.25, -0.2) is 9.59 Å². The lowest BCUT2D eigenvalue weighted by molar-refractivity contribution is -0.159. The van der Waals surface area contributed by atoms with Gasteiger partial charge in [-0.2, -0.15) is 0 Å². The summed E-state index contributed by atoms with van der Waals surface area (Å²) in [6.07, 6.45) is -0.0898. The minimum absolute atomic E-state index is 0.113. The van der Waals surface area contributed by atoms with Gasteiger partial charge in [0.1, 0.15) is 29.3 Å². The molecule has 0 saturated heterocycles. The average molecular weight is 653 g/mol. The third-order valence-electron chi connectivity index (χ3n) is 7.00. The minimum atomic E-state index is -1.41. The molecule has 3 atom stereocenters. The fourth-order valence-electron chi connectivity index (χ4n) is 5.00. The monoisotopic (exact) mass is 652 g/mol. The molecular formula is C36H52N4O7. The number of ether oxygens (including phenoxy) is 2. The maximum Gasteiger partial charge on any atom is 0.408 e. The Balaban J connectivity index is 2.66. The van der Waals surface area contributed by atoms with Gasteiger partial charge in [-0.05, 0) is 78.5 Å². The molecule has 2 aromatic carbocycles. The Morgan fingerprint density at radius 1 is 0.851 bits per heavy atom. The molecule has 4 amide bonds. The second-order valence-electron chi connectivity index (χ2n) is 13.8. The predicted molar refractivity (Wildman–Crippen MR) is 180 cm³/mol. The van der Waals surface area contributed by atoms with E-state index in [1.807, 2.05) is 63.2 Å². The van der Waals surface area contributed by atoms with Gasteiger partial charge >= 0.3 is 12.1 Å². The van der Waals surface area contributed by atoms with E-state index < -0.39 is 65.5 Å². The number of unbranched alkanes of at least 4 members (excludes halogenated alkanes) is 1. The number of benzene rings is 2. The van der Waals surface area contributed by atoms with Crippen molar-refractivity contribution in [2.75, 3.05) is 6.54 Å². The molecule has 258 valence electrons. The highest BCUT2D eigenvalue weighted by Crippen LogP contribution is 2.28. The number of hydrogen-bond acceptors (Lipinski definition) is 7. The van der Waals surface area contributed by atoms with Gasteiger partial charge in [-0.1, -0.05) is 67.4 Å². The Bertz CT molecular complexity index is 1400. The molecule has 11 nitrogen and oxygen atoms in total. The topological polar surface area (TPSA) is 157 Å². The van der Waals surface area contributed by atoms with Crippen LogP contribution in [-0.2, 0) is 35.1 Å². The molecule has 0 aliphatic heterocycles. The van der Waals surface area contributed by atoms with E-state index in [0.717, 1.165) is 16.7 Å². The van der Waals surface area contributed by atoms with Gasteiger partial charge in [0.2, 0.25) is 17.7 Å². The summed E-state index contributed by atoms with van der Waals surface area (Å²) in [4.78, 5) is 68.6. The molecule has 47 heavy (non-hydrogen) atoms. The highest BCUT2D eigenvalue weighted by Gasteiger charge is 2.39. The van der Waals surface area contributed by atoms with E-state index >= 15 is 0 Å². The molecule has 2 aromatic rings. The molecule has 4 N–H and O–H groups in total. The lowest BCUT2D eigenvalue weighted by Gasteiger charge is -2.36. The number of amides is 4. The second kappa shape index (κ2) is 16.9. The van der Waals surface area contributed by atoms with Crippen molar-refractivity contribution in [3.05, 3.63) is 70.8 Å². The summed E-state index contributed by atoms with van der Waals surface area (Å²) >= 11 is 0. The van der Waals surface area contributed by atoms with Crippen LogP contribution in [-0.4, -0.2) is 64.5 Å². The first-order valence-electron chi connectivity index (χ1n) is 16.0. The molecular weight excluding hydrogens is 600 g/mol. The van der Waals surface area contributed by atoms with Crippen LogP contribution in [0.3, 0.4) is 0 Å². The van der Waals surface area contributed by atoms with Gasteiger partial charge in [0, 0.05) is 13.0 Å². The summed E-state index contributed by atoms with van der Waals surface area (Å²) in [6, 6.07) is 11.0. The zero-order chi connectivity index (χ0) is 35.5. The number of hydrogen-bond donors (Lipinski definition) is 3. The summed E-state index contributed by atoms with van der Waals surface area (Å²) in [6.45, 7) is 16.0. The van der Waals surface area contributed by atoms with Crippen LogP contribution < -0.4 is 16.4 Å². The molecule has 3 unspecified atom stereocenters. The summed E-state index contributed by atoms with van der Waals surface area (Å²) in [5.41, 5.74) is 6.84. The third-order valence-corrected chi connectivity index (χ3v) is 7.00. The Morgan fingerprint density at radius 2 is 1.47 bits per heavy atom. The average Bonchev–Trinajstić information content (AvgIpc) is 2.93. The first-order valence-corrected chi connectivity index (χ1v) is 16.0. The SMILES string of the molecule is CCCCN(C(=O)C(CC(N)=O)NC(=O)OC(C)(C)C)C(C(=O)NC(Cc1ccccc1)C(=O)OC(C)(C)C)c1ccc(C)cc1C. The molecule has 11 heteroatoms. The van der Waals surface area contributed by atoms with Gasteiger partial charge in [0.15, 0.2) is 0 Å². The highest BCUT2D eigenvalue weighted by molar-refractivity contribution is 5.95. The Labute approximate surface area is 278 Å². The van der Waals surface area contributed by atoms with Crippen LogP contribution in [0, 0.1) is 13.8 Å². The van der Waals surface area contributed by atoms with Crippen LogP contribution in [0.15, 0.2) is 48.5 Å². The maximum atomic E-state index is 14.5. The fourth-order valence-corrected chi connectivity index (χ4v) is 5.00. The van der Waals surface area contributed by atoms with E-state index in [4.69, 9.17) is 15.2 Å². The summed E-state index contributed by atoms with van der Waals surface area (Å²) < 4.78 is 11.0. The Morgan fingerprint density at radius 3 is 2.00 bits per heavy atom. The summed E-state index contributed by atoms with van der Waals surface area (Å²) in [5.74, 6) is -2.77. The quantitative estimate of drug-likeness (QED) is 0.247. The first kappa shape index (κ1) is 38.8. The second-order valence-corrected chi connectivity index (χ2v) is 13.8. The van der Waals surface area contributed by atoms with Crippen molar-refractivity contribution in [2.45, 2.75) is 117 Å². The van der Waals surface area contributed by atoms with Crippen molar-refractivity contribution in [3.8, 4) is 0 Å². The number of aryl methyl sites for hydroxylation is 2. The zero-order valence-electron chi connectivity index (χ0n) is 29.3. The number of rotatable bonds is 14. The number of alkyl carbamates (subject to hydrolysis) is 1.